The first kappa shape index (κ1) is 35.8. The molecule has 3 heterocycles. The van der Waals surface area contributed by atoms with Gasteiger partial charge in [-0.05, 0) is 93.0 Å². The number of hydrogen-bond donors (Lipinski definition) is 2. The van der Waals surface area contributed by atoms with E-state index in [4.69, 9.17) is 14.6 Å². The minimum absolute atomic E-state index is 0.0358. The van der Waals surface area contributed by atoms with E-state index in [0.29, 0.717) is 23.2 Å². The number of anilines is 2. The summed E-state index contributed by atoms with van der Waals surface area (Å²) in [4.78, 5) is 28.9. The van der Waals surface area contributed by atoms with Crippen LogP contribution < -0.4 is 20.1 Å². The average molecular weight is 704 g/mol. The third-order valence-electron chi connectivity index (χ3n) is 9.58. The van der Waals surface area contributed by atoms with E-state index in [1.807, 2.05) is 66.4 Å². The number of amides is 3. The van der Waals surface area contributed by atoms with Crippen LogP contribution in [0.4, 0.5) is 29.5 Å². The van der Waals surface area contributed by atoms with Crippen molar-refractivity contribution in [3.63, 3.8) is 0 Å². The van der Waals surface area contributed by atoms with E-state index in [2.05, 4.69) is 31.4 Å². The van der Waals surface area contributed by atoms with Gasteiger partial charge in [0.05, 0.1) is 24.1 Å². The van der Waals surface area contributed by atoms with Crippen LogP contribution >= 0.6 is 0 Å². The van der Waals surface area contributed by atoms with Crippen molar-refractivity contribution in [3.05, 3.63) is 95.2 Å². The van der Waals surface area contributed by atoms with Gasteiger partial charge in [-0.25, -0.2) is 9.48 Å². The Morgan fingerprint density at radius 3 is 2.27 bits per heavy atom. The summed E-state index contributed by atoms with van der Waals surface area (Å²) in [6.45, 7) is 6.76. The van der Waals surface area contributed by atoms with Crippen molar-refractivity contribution in [1.82, 2.24) is 14.7 Å². The first-order chi connectivity index (χ1) is 24.2. The fraction of sp³-hybridized carbons (Fsp3) is 0.410. The zero-order chi connectivity index (χ0) is 36.5. The van der Waals surface area contributed by atoms with Crippen LogP contribution in [0.5, 0.6) is 11.5 Å². The predicted molar refractivity (Wildman–Crippen MR) is 190 cm³/mol. The Morgan fingerprint density at radius 2 is 1.63 bits per heavy atom. The van der Waals surface area contributed by atoms with Gasteiger partial charge in [-0.15, -0.1) is 0 Å². The zero-order valence-electron chi connectivity index (χ0n) is 29.5. The number of rotatable bonds is 9. The average Bonchev–Trinajstić information content (AvgIpc) is 3.61. The van der Waals surface area contributed by atoms with Crippen LogP contribution in [0.2, 0.25) is 0 Å². The summed E-state index contributed by atoms with van der Waals surface area (Å²) in [6, 6.07) is 21.4. The number of nitrogens with zero attached hydrogens (tertiary/aromatic N) is 3. The Morgan fingerprint density at radius 1 is 0.922 bits per heavy atom. The zero-order valence-corrected chi connectivity index (χ0v) is 29.5. The van der Waals surface area contributed by atoms with Crippen molar-refractivity contribution < 1.29 is 32.2 Å². The number of fused-ring (bicyclic) bond motifs is 2. The lowest BCUT2D eigenvalue weighted by atomic mass is 9.85. The highest BCUT2D eigenvalue weighted by molar-refractivity contribution is 5.99. The summed E-state index contributed by atoms with van der Waals surface area (Å²) >= 11 is 0. The molecule has 1 aromatic heterocycles. The molecule has 0 spiro atoms. The van der Waals surface area contributed by atoms with Gasteiger partial charge in [0.1, 0.15) is 17.3 Å². The van der Waals surface area contributed by atoms with Crippen LogP contribution in [0.1, 0.15) is 73.6 Å². The maximum absolute atomic E-state index is 13.8. The monoisotopic (exact) mass is 703 g/mol. The molecule has 2 saturated heterocycles. The number of urea groups is 1. The molecule has 3 amide bonds. The highest BCUT2D eigenvalue weighted by atomic mass is 19.4. The molecular formula is C39H44F3N5O4. The minimum atomic E-state index is -4.53. The topological polar surface area (TPSA) is 97.7 Å². The number of aromatic nitrogens is 2. The third kappa shape index (κ3) is 8.49. The van der Waals surface area contributed by atoms with E-state index in [1.54, 1.807) is 4.68 Å². The molecule has 2 aliphatic heterocycles. The molecule has 2 aliphatic rings. The van der Waals surface area contributed by atoms with Gasteiger partial charge in [0.15, 0.2) is 6.61 Å². The summed E-state index contributed by atoms with van der Waals surface area (Å²) < 4.78 is 50.9. The second-order valence-corrected chi connectivity index (χ2v) is 14.6. The molecule has 12 heteroatoms. The maximum atomic E-state index is 13.8. The van der Waals surface area contributed by atoms with E-state index < -0.39 is 12.8 Å². The molecular weight excluding hydrogens is 659 g/mol. The van der Waals surface area contributed by atoms with Crippen LogP contribution in [0.3, 0.4) is 0 Å². The normalized spacial score (nSPS) is 18.7. The number of benzene rings is 3. The molecule has 6 rings (SSSR count). The van der Waals surface area contributed by atoms with Crippen molar-refractivity contribution >= 4 is 23.4 Å². The van der Waals surface area contributed by atoms with E-state index in [0.717, 1.165) is 54.6 Å². The number of carbonyl (C=O) groups excluding carboxylic acids is 2. The number of alkyl halides is 3. The maximum Gasteiger partial charge on any atom is 0.422 e. The van der Waals surface area contributed by atoms with Crippen LogP contribution in [0, 0.1) is 12.8 Å². The summed E-state index contributed by atoms with van der Waals surface area (Å²) in [6.07, 6.45) is -0.582. The predicted octanol–water partition coefficient (Wildman–Crippen LogP) is 8.70. The number of halogens is 3. The third-order valence-corrected chi connectivity index (χ3v) is 9.58. The van der Waals surface area contributed by atoms with Gasteiger partial charge >= 0.3 is 12.2 Å². The second-order valence-electron chi connectivity index (χ2n) is 14.6. The van der Waals surface area contributed by atoms with Gasteiger partial charge in [0.25, 0.3) is 5.91 Å². The van der Waals surface area contributed by atoms with Crippen LogP contribution in [-0.2, 0) is 11.8 Å². The summed E-state index contributed by atoms with van der Waals surface area (Å²) in [5, 5.41) is 10.7. The van der Waals surface area contributed by atoms with Crippen molar-refractivity contribution in [2.45, 2.75) is 83.5 Å². The Hall–Kier alpha value is -5.00. The molecule has 2 atom stereocenters. The number of carbonyl (C=O) groups is 2. The van der Waals surface area contributed by atoms with Crippen molar-refractivity contribution in [1.29, 1.82) is 0 Å². The van der Waals surface area contributed by atoms with E-state index >= 15 is 0 Å². The molecule has 3 aromatic carbocycles. The van der Waals surface area contributed by atoms with Gasteiger partial charge in [-0.1, -0.05) is 50.6 Å². The first-order valence-corrected chi connectivity index (χ1v) is 17.2. The van der Waals surface area contributed by atoms with Gasteiger partial charge in [0, 0.05) is 29.3 Å². The quantitative estimate of drug-likeness (QED) is 0.182. The summed E-state index contributed by atoms with van der Waals surface area (Å²) in [5.74, 6) is 0.771. The molecule has 0 saturated carbocycles. The largest absolute Gasteiger partial charge is 0.497 e. The van der Waals surface area contributed by atoms with E-state index in [1.165, 1.54) is 25.3 Å². The smallest absolute Gasteiger partial charge is 0.422 e. The highest BCUT2D eigenvalue weighted by Crippen LogP contribution is 2.42. The second kappa shape index (κ2) is 14.3. The molecule has 0 aliphatic carbocycles. The van der Waals surface area contributed by atoms with Crippen LogP contribution in [0.15, 0.2) is 72.8 Å². The number of aryl methyl sites for hydroxylation is 1. The lowest BCUT2D eigenvalue weighted by Gasteiger charge is -2.39. The number of hydrogen-bond acceptors (Lipinski definition) is 5. The SMILES string of the molecule is COc1ccc(OCC(F)(F)F)c(C(=O)N2C3CCC2CC(Cc2cccc(NC(=O)Nc4cc(C(C)(C)C)nn4-c4ccc(C)cc4)c2)C3)c1. The lowest BCUT2D eigenvalue weighted by Crippen LogP contribution is -2.47. The fourth-order valence-corrected chi connectivity index (χ4v) is 7.12. The van der Waals surface area contributed by atoms with Crippen LogP contribution in [0.25, 0.3) is 5.69 Å². The molecule has 2 unspecified atom stereocenters. The van der Waals surface area contributed by atoms with E-state index in [9.17, 15) is 22.8 Å². The van der Waals surface area contributed by atoms with Crippen molar-refractivity contribution in [2.75, 3.05) is 24.4 Å². The number of nitrogens with one attached hydrogen (secondary N) is 2. The molecule has 51 heavy (non-hydrogen) atoms. The molecule has 2 N–H and O–H groups in total. The molecule has 4 aromatic rings. The van der Waals surface area contributed by atoms with Crippen molar-refractivity contribution in [2.24, 2.45) is 5.92 Å². The molecule has 270 valence electrons. The first-order valence-electron chi connectivity index (χ1n) is 17.2. The van der Waals surface area contributed by atoms with Crippen LogP contribution in [-0.4, -0.2) is 58.6 Å². The fourth-order valence-electron chi connectivity index (χ4n) is 7.12. The minimum Gasteiger partial charge on any atom is -0.497 e. The Balaban J connectivity index is 1.11. The lowest BCUT2D eigenvalue weighted by molar-refractivity contribution is -0.153. The summed E-state index contributed by atoms with van der Waals surface area (Å²) in [5.41, 5.74) is 4.39. The van der Waals surface area contributed by atoms with Gasteiger partial charge in [-0.2, -0.15) is 18.3 Å². The Kier molecular flexibility index (Phi) is 10.1. The number of ether oxygens (including phenoxy) is 2. The van der Waals surface area contributed by atoms with E-state index in [-0.39, 0.29) is 40.7 Å². The van der Waals surface area contributed by atoms with Crippen molar-refractivity contribution in [3.8, 4) is 17.2 Å². The van der Waals surface area contributed by atoms with Gasteiger partial charge in [-0.3, -0.25) is 10.1 Å². The molecule has 2 fully saturated rings. The Labute approximate surface area is 296 Å². The Bertz CT molecular complexity index is 1870. The summed E-state index contributed by atoms with van der Waals surface area (Å²) in [7, 11) is 1.44. The highest BCUT2D eigenvalue weighted by Gasteiger charge is 2.44. The molecule has 0 radical (unpaired) electrons. The molecule has 9 nitrogen and oxygen atoms in total. The number of piperidine rings is 1. The standard InChI is InChI=1S/C39H44F3N5O4/c1-24-9-11-28(12-10-24)47-35(22-34(45-47)38(2,3)4)44-37(49)43-27-8-6-7-25(18-27)17-26-19-29-13-14-30(20-26)46(29)36(48)32-21-31(50-5)15-16-33(32)51-23-39(40,41)42/h6-12,15-16,18,21-22,26,29-30H,13-14,17,19-20,23H2,1-5H3,(H2,43,44,49). The van der Waals surface area contributed by atoms with Gasteiger partial charge < -0.3 is 19.7 Å². The number of methoxy groups -OCH3 is 1. The molecule has 2 bridgehead atoms. The van der Waals surface area contributed by atoms with Gasteiger partial charge in [0.2, 0.25) is 0 Å².